The molecule has 3 atom stereocenters. The maximum atomic E-state index is 12.5. The molecular weight excluding hydrogens is 408 g/mol. The fourth-order valence-corrected chi connectivity index (χ4v) is 3.59. The minimum Gasteiger partial charge on any atom is -0.480 e. The first-order valence-corrected chi connectivity index (χ1v) is 9.27. The van der Waals surface area contributed by atoms with Gasteiger partial charge in [-0.25, -0.2) is 14.6 Å². The molecule has 1 aromatic heterocycles. The number of imide groups is 1. The summed E-state index contributed by atoms with van der Waals surface area (Å²) in [5.41, 5.74) is 5.52. The number of oxime groups is 1. The molecule has 29 heavy (non-hydrogen) atoms. The largest absolute Gasteiger partial charge is 0.480 e. The lowest BCUT2D eigenvalue weighted by Crippen LogP contribution is -2.68. The second kappa shape index (κ2) is 8.00. The van der Waals surface area contributed by atoms with E-state index >= 15 is 0 Å². The van der Waals surface area contributed by atoms with Crippen molar-refractivity contribution in [2.24, 2.45) is 5.16 Å². The van der Waals surface area contributed by atoms with E-state index in [9.17, 15) is 29.4 Å². The number of urea groups is 1. The van der Waals surface area contributed by atoms with Crippen LogP contribution in [0.15, 0.2) is 10.5 Å². The van der Waals surface area contributed by atoms with Crippen LogP contribution in [0.25, 0.3) is 0 Å². The number of likely N-dealkylation sites (tertiary alicyclic amines) is 2. The molecule has 4 amide bonds. The van der Waals surface area contributed by atoms with Crippen molar-refractivity contribution in [3.8, 4) is 0 Å². The molecule has 0 unspecified atom stereocenters. The van der Waals surface area contributed by atoms with Crippen LogP contribution in [0.4, 0.5) is 9.93 Å². The number of β-lactam (4-membered cyclic amide) rings is 1. The molecule has 0 saturated carbocycles. The highest BCUT2D eigenvalue weighted by Crippen LogP contribution is 2.23. The van der Waals surface area contributed by atoms with E-state index < -0.39 is 42.0 Å². The summed E-state index contributed by atoms with van der Waals surface area (Å²) >= 11 is 1.09. The van der Waals surface area contributed by atoms with Crippen molar-refractivity contribution in [2.75, 3.05) is 25.9 Å². The Bertz CT molecular complexity index is 886. The number of amides is 4. The first-order valence-electron chi connectivity index (χ1n) is 8.39. The number of hydrogen-bond acceptors (Lipinski definition) is 10. The van der Waals surface area contributed by atoms with E-state index in [2.05, 4.69) is 20.3 Å². The second-order valence-corrected chi connectivity index (χ2v) is 7.24. The average molecular weight is 426 g/mol. The van der Waals surface area contributed by atoms with Gasteiger partial charge < -0.3 is 31.0 Å². The van der Waals surface area contributed by atoms with Crippen LogP contribution < -0.4 is 11.1 Å². The third kappa shape index (κ3) is 3.97. The van der Waals surface area contributed by atoms with Crippen LogP contribution >= 0.6 is 11.3 Å². The van der Waals surface area contributed by atoms with Crippen LogP contribution in [0.2, 0.25) is 0 Å². The lowest BCUT2D eigenvalue weighted by molar-refractivity contribution is -0.145. The van der Waals surface area contributed by atoms with Crippen molar-refractivity contribution in [2.45, 2.75) is 24.6 Å². The Morgan fingerprint density at radius 1 is 1.41 bits per heavy atom. The molecule has 0 aromatic carbocycles. The number of nitrogen functional groups attached to an aromatic ring is 1. The quantitative estimate of drug-likeness (QED) is 0.235. The van der Waals surface area contributed by atoms with Crippen molar-refractivity contribution < 1.29 is 34.2 Å². The molecule has 13 nitrogen and oxygen atoms in total. The van der Waals surface area contributed by atoms with E-state index in [4.69, 9.17) is 5.73 Å². The number of aliphatic hydroxyl groups excluding tert-OH is 1. The fourth-order valence-electron chi connectivity index (χ4n) is 3.04. The van der Waals surface area contributed by atoms with E-state index in [1.807, 2.05) is 0 Å². The number of aliphatic carboxylic acids is 1. The van der Waals surface area contributed by atoms with E-state index in [-0.39, 0.29) is 36.0 Å². The number of carboxylic acid groups (broad SMARTS) is 1. The van der Waals surface area contributed by atoms with Gasteiger partial charge in [0, 0.05) is 18.3 Å². The molecule has 2 fully saturated rings. The lowest BCUT2D eigenvalue weighted by atomic mass is 10.1. The van der Waals surface area contributed by atoms with Crippen molar-refractivity contribution >= 4 is 46.0 Å². The number of aromatic nitrogens is 1. The van der Waals surface area contributed by atoms with E-state index in [1.165, 1.54) is 12.5 Å². The fraction of sp³-hybridized carbons (Fsp3) is 0.467. The highest BCUT2D eigenvalue weighted by atomic mass is 32.1. The van der Waals surface area contributed by atoms with E-state index in [1.54, 1.807) is 0 Å². The molecule has 14 heteroatoms. The highest BCUT2D eigenvalue weighted by Gasteiger charge is 2.48. The number of carboxylic acids is 1. The number of aliphatic hydroxyl groups is 1. The molecule has 3 rings (SSSR count). The molecule has 2 aliphatic heterocycles. The number of carbonyl (C=O) groups is 4. The summed E-state index contributed by atoms with van der Waals surface area (Å²) in [6.45, 7) is -0.339. The normalized spacial score (nSPS) is 24.3. The smallest absolute Gasteiger partial charge is 0.327 e. The Hall–Kier alpha value is -3.26. The molecular formula is C15H18N6O7S. The van der Waals surface area contributed by atoms with Gasteiger partial charge in [0.1, 0.15) is 24.9 Å². The molecule has 156 valence electrons. The number of β-amino-alcohol motifs (C(OH)–C–C–N with tert-alkyl or cyclic N) is 1. The minimum absolute atomic E-state index is 0.114. The number of carbonyl (C=O) groups excluding carboxylic acids is 3. The maximum Gasteiger partial charge on any atom is 0.327 e. The van der Waals surface area contributed by atoms with Crippen molar-refractivity contribution in [1.82, 2.24) is 20.1 Å². The van der Waals surface area contributed by atoms with E-state index in [0.717, 1.165) is 21.1 Å². The second-order valence-electron chi connectivity index (χ2n) is 6.35. The summed E-state index contributed by atoms with van der Waals surface area (Å²) < 4.78 is 0. The summed E-state index contributed by atoms with van der Waals surface area (Å²) in [6.07, 6.45) is -1.10. The first kappa shape index (κ1) is 20.5. The lowest BCUT2D eigenvalue weighted by Gasteiger charge is -2.39. The Kier molecular flexibility index (Phi) is 5.65. The van der Waals surface area contributed by atoms with Gasteiger partial charge in [-0.1, -0.05) is 5.16 Å². The predicted octanol–water partition coefficient (Wildman–Crippen LogP) is -1.96. The van der Waals surface area contributed by atoms with E-state index in [0.29, 0.717) is 0 Å². The van der Waals surface area contributed by atoms with Crippen LogP contribution in [0.1, 0.15) is 12.1 Å². The third-order valence-corrected chi connectivity index (χ3v) is 5.11. The standard InChI is InChI=1S/C15H18N6O7S/c1-28-19-10(8-5-29-14(16)18-8)11(23)17-7-4-21(12(7)24)15(27)20-3-6(22)2-9(20)13(25)26/h5-7,9,22H,2-4H2,1H3,(H2,16,18)(H,17,23)(H,25,26)/t6-,7+,9+/m1/s1. The van der Waals surface area contributed by atoms with Gasteiger partial charge in [-0.15, -0.1) is 11.3 Å². The van der Waals surface area contributed by atoms with Crippen LogP contribution in [0, 0.1) is 0 Å². The van der Waals surface area contributed by atoms with Crippen LogP contribution in [-0.4, -0.2) is 92.9 Å². The molecule has 2 saturated heterocycles. The molecule has 0 spiro atoms. The zero-order valence-corrected chi connectivity index (χ0v) is 16.0. The van der Waals surface area contributed by atoms with Gasteiger partial charge in [0.15, 0.2) is 10.8 Å². The number of hydrogen-bond donors (Lipinski definition) is 4. The number of nitrogens with zero attached hydrogens (tertiary/aromatic N) is 4. The number of nitrogens with one attached hydrogen (secondary N) is 1. The Labute approximate surface area is 167 Å². The van der Waals surface area contributed by atoms with Crippen molar-refractivity contribution in [1.29, 1.82) is 0 Å². The summed E-state index contributed by atoms with van der Waals surface area (Å²) in [5.74, 6) is -2.72. The highest BCUT2D eigenvalue weighted by molar-refractivity contribution is 7.13. The molecule has 2 aliphatic rings. The van der Waals surface area contributed by atoms with Crippen LogP contribution in [-0.2, 0) is 19.2 Å². The molecule has 3 heterocycles. The summed E-state index contributed by atoms with van der Waals surface area (Å²) in [4.78, 5) is 58.8. The van der Waals surface area contributed by atoms with Crippen LogP contribution in [0.5, 0.6) is 0 Å². The minimum atomic E-state index is -1.27. The summed E-state index contributed by atoms with van der Waals surface area (Å²) in [6, 6.07) is -3.04. The van der Waals surface area contributed by atoms with Gasteiger partial charge in [-0.05, 0) is 0 Å². The maximum absolute atomic E-state index is 12.5. The van der Waals surface area contributed by atoms with Gasteiger partial charge in [0.2, 0.25) is 0 Å². The van der Waals surface area contributed by atoms with Crippen molar-refractivity contribution in [3.63, 3.8) is 0 Å². The van der Waals surface area contributed by atoms with Gasteiger partial charge in [0.05, 0.1) is 12.6 Å². The van der Waals surface area contributed by atoms with Gasteiger partial charge in [-0.3, -0.25) is 14.5 Å². The Morgan fingerprint density at radius 3 is 2.69 bits per heavy atom. The zero-order valence-electron chi connectivity index (χ0n) is 15.1. The summed E-state index contributed by atoms with van der Waals surface area (Å²) in [5, 5.41) is 26.6. The number of rotatable bonds is 5. The Balaban J connectivity index is 1.63. The van der Waals surface area contributed by atoms with Gasteiger partial charge in [-0.2, -0.15) is 0 Å². The van der Waals surface area contributed by atoms with Crippen molar-refractivity contribution in [3.05, 3.63) is 11.1 Å². The number of nitrogens with two attached hydrogens (primary N) is 1. The first-order chi connectivity index (χ1) is 13.7. The Morgan fingerprint density at radius 2 is 2.14 bits per heavy atom. The molecule has 0 radical (unpaired) electrons. The van der Waals surface area contributed by atoms with Crippen LogP contribution in [0.3, 0.4) is 0 Å². The van der Waals surface area contributed by atoms with Gasteiger partial charge in [0.25, 0.3) is 11.8 Å². The topological polar surface area (TPSA) is 188 Å². The molecule has 5 N–H and O–H groups in total. The monoisotopic (exact) mass is 426 g/mol. The SMILES string of the molecule is CON=C(C(=O)N[C@H]1CN(C(=O)N2C[C@H](O)C[C@H]2C(=O)O)C1=O)c1csc(N)n1. The predicted molar refractivity (Wildman–Crippen MR) is 97.9 cm³/mol. The zero-order chi connectivity index (χ0) is 21.3. The molecule has 1 aromatic rings. The average Bonchev–Trinajstić information content (AvgIpc) is 3.27. The molecule has 0 bridgehead atoms. The number of thiazole rings is 1. The molecule has 0 aliphatic carbocycles. The third-order valence-electron chi connectivity index (χ3n) is 4.44. The van der Waals surface area contributed by atoms with Gasteiger partial charge >= 0.3 is 12.0 Å². The summed E-state index contributed by atoms with van der Waals surface area (Å²) in [7, 11) is 1.24. The number of anilines is 1.